The van der Waals surface area contributed by atoms with Gasteiger partial charge in [-0.1, -0.05) is 0 Å². The summed E-state index contributed by atoms with van der Waals surface area (Å²) in [6.07, 6.45) is 0.558. The summed E-state index contributed by atoms with van der Waals surface area (Å²) in [5.41, 5.74) is 0. The van der Waals surface area contributed by atoms with Crippen molar-refractivity contribution in [1.29, 1.82) is 0 Å². The summed E-state index contributed by atoms with van der Waals surface area (Å²) in [4.78, 5) is 19.9. The van der Waals surface area contributed by atoms with Crippen molar-refractivity contribution in [1.82, 2.24) is 5.32 Å². The minimum Gasteiger partial charge on any atom is -0.453 e. The normalized spacial score (nSPS) is 8.11. The van der Waals surface area contributed by atoms with E-state index in [4.69, 9.17) is 0 Å². The number of nitrogens with one attached hydrogen (secondary N) is 1. The predicted octanol–water partition coefficient (Wildman–Crippen LogP) is -0.0686. The number of rotatable bonds is 3. The first-order chi connectivity index (χ1) is 4.31. The Bertz CT molecular complexity index is 102. The monoisotopic (exact) mass is 131 g/mol. The van der Waals surface area contributed by atoms with Gasteiger partial charge in [-0.3, -0.25) is 0 Å². The highest BCUT2D eigenvalue weighted by Crippen LogP contribution is 1.71. The first-order valence-corrected chi connectivity index (χ1v) is 2.56. The molecule has 0 aromatic carbocycles. The highest BCUT2D eigenvalue weighted by molar-refractivity contribution is 5.67. The van der Waals surface area contributed by atoms with E-state index in [1.165, 1.54) is 7.11 Å². The molecule has 52 valence electrons. The van der Waals surface area contributed by atoms with Crippen LogP contribution in [0.4, 0.5) is 4.79 Å². The Labute approximate surface area is 53.2 Å². The zero-order valence-corrected chi connectivity index (χ0v) is 5.22. The lowest BCUT2D eigenvalue weighted by Crippen LogP contribution is -2.24. The Balaban J connectivity index is 3.06. The molecule has 0 aliphatic heterocycles. The van der Waals surface area contributed by atoms with E-state index in [-0.39, 0.29) is 0 Å². The lowest BCUT2D eigenvalue weighted by atomic mass is 10.5. The van der Waals surface area contributed by atoms with E-state index in [1.54, 1.807) is 0 Å². The van der Waals surface area contributed by atoms with Crippen molar-refractivity contribution in [2.24, 2.45) is 0 Å². The fourth-order valence-electron chi connectivity index (χ4n) is 0.305. The molecule has 1 amide bonds. The predicted molar refractivity (Wildman–Crippen MR) is 31.1 cm³/mol. The first kappa shape index (κ1) is 7.94. The number of alkyl carbamates (subject to hydrolysis) is 1. The van der Waals surface area contributed by atoms with Crippen LogP contribution in [0.1, 0.15) is 6.42 Å². The van der Waals surface area contributed by atoms with Gasteiger partial charge < -0.3 is 14.8 Å². The number of aldehydes is 1. The van der Waals surface area contributed by atoms with Gasteiger partial charge in [0.15, 0.2) is 0 Å². The van der Waals surface area contributed by atoms with Gasteiger partial charge >= 0.3 is 6.09 Å². The molecule has 0 atom stereocenters. The van der Waals surface area contributed by atoms with Crippen molar-refractivity contribution in [3.8, 4) is 0 Å². The van der Waals surface area contributed by atoms with E-state index < -0.39 is 6.09 Å². The van der Waals surface area contributed by atoms with Crippen molar-refractivity contribution in [2.45, 2.75) is 6.42 Å². The molecule has 1 N–H and O–H groups in total. The van der Waals surface area contributed by atoms with Crippen LogP contribution in [-0.4, -0.2) is 26.0 Å². The summed E-state index contributed by atoms with van der Waals surface area (Å²) in [7, 11) is 1.27. The highest BCUT2D eigenvalue weighted by atomic mass is 16.5. The molecule has 4 heteroatoms. The zero-order valence-electron chi connectivity index (χ0n) is 5.22. The van der Waals surface area contributed by atoms with Crippen LogP contribution < -0.4 is 5.32 Å². The van der Waals surface area contributed by atoms with Crippen molar-refractivity contribution < 1.29 is 14.3 Å². The summed E-state index contributed by atoms with van der Waals surface area (Å²) in [6, 6.07) is 0. The van der Waals surface area contributed by atoms with Gasteiger partial charge in [-0.2, -0.15) is 0 Å². The molecular weight excluding hydrogens is 122 g/mol. The van der Waals surface area contributed by atoms with E-state index >= 15 is 0 Å². The molecule has 4 nitrogen and oxygen atoms in total. The zero-order chi connectivity index (χ0) is 7.11. The van der Waals surface area contributed by atoms with Gasteiger partial charge in [-0.05, 0) is 0 Å². The molecule has 0 spiro atoms. The van der Waals surface area contributed by atoms with E-state index in [0.29, 0.717) is 13.0 Å². The maximum atomic E-state index is 10.2. The second-order valence-electron chi connectivity index (χ2n) is 1.37. The fourth-order valence-corrected chi connectivity index (χ4v) is 0.305. The molecule has 0 aliphatic carbocycles. The minimum atomic E-state index is -0.503. The Morgan fingerprint density at radius 3 is 2.89 bits per heavy atom. The highest BCUT2D eigenvalue weighted by Gasteiger charge is 1.93. The smallest absolute Gasteiger partial charge is 0.406 e. The molecular formula is C5H9NO3. The van der Waals surface area contributed by atoms with Gasteiger partial charge in [-0.15, -0.1) is 0 Å². The lowest BCUT2D eigenvalue weighted by molar-refractivity contribution is -0.107. The molecule has 0 heterocycles. The summed E-state index contributed by atoms with van der Waals surface area (Å²) >= 11 is 0. The fraction of sp³-hybridized carbons (Fsp3) is 0.600. The second kappa shape index (κ2) is 5.08. The number of carbonyl (C=O) groups is 2. The van der Waals surface area contributed by atoms with Gasteiger partial charge in [0.05, 0.1) is 7.11 Å². The minimum absolute atomic E-state index is 0.328. The SMILES string of the molecule is COC(=O)NCCC=O. The maximum Gasteiger partial charge on any atom is 0.406 e. The van der Waals surface area contributed by atoms with E-state index in [0.717, 1.165) is 6.29 Å². The van der Waals surface area contributed by atoms with Gasteiger partial charge in [0.25, 0.3) is 0 Å². The molecule has 0 rings (SSSR count). The van der Waals surface area contributed by atoms with Gasteiger partial charge in [0.1, 0.15) is 6.29 Å². The number of ether oxygens (including phenoxy) is 1. The Morgan fingerprint density at radius 1 is 1.78 bits per heavy atom. The van der Waals surface area contributed by atoms with Crippen molar-refractivity contribution >= 4 is 12.4 Å². The molecule has 0 saturated carbocycles. The van der Waals surface area contributed by atoms with E-state index in [1.807, 2.05) is 0 Å². The molecule has 0 radical (unpaired) electrons. The first-order valence-electron chi connectivity index (χ1n) is 2.56. The molecule has 9 heavy (non-hydrogen) atoms. The van der Waals surface area contributed by atoms with Crippen LogP contribution in [0, 0.1) is 0 Å². The topological polar surface area (TPSA) is 55.4 Å². The average molecular weight is 131 g/mol. The summed E-state index contributed by atoms with van der Waals surface area (Å²) in [5.74, 6) is 0. The largest absolute Gasteiger partial charge is 0.453 e. The summed E-state index contributed by atoms with van der Waals surface area (Å²) in [5, 5.41) is 2.34. The van der Waals surface area contributed by atoms with Crippen LogP contribution >= 0.6 is 0 Å². The molecule has 0 aromatic rings. The molecule has 0 bridgehead atoms. The standard InChI is InChI=1S/C5H9NO3/c1-9-5(8)6-3-2-4-7/h4H,2-3H2,1H3,(H,6,8). The van der Waals surface area contributed by atoms with Crippen LogP contribution in [0.5, 0.6) is 0 Å². The van der Waals surface area contributed by atoms with E-state index in [2.05, 4.69) is 10.1 Å². The quantitative estimate of drug-likeness (QED) is 0.431. The molecule has 0 unspecified atom stereocenters. The van der Waals surface area contributed by atoms with Gasteiger partial charge in [0, 0.05) is 13.0 Å². The van der Waals surface area contributed by atoms with Crippen molar-refractivity contribution in [3.05, 3.63) is 0 Å². The molecule has 0 fully saturated rings. The van der Waals surface area contributed by atoms with Crippen LogP contribution in [0.25, 0.3) is 0 Å². The third-order valence-electron chi connectivity index (χ3n) is 0.717. The lowest BCUT2D eigenvalue weighted by Gasteiger charge is -1.97. The summed E-state index contributed by atoms with van der Waals surface area (Å²) < 4.78 is 4.23. The van der Waals surface area contributed by atoms with Crippen molar-refractivity contribution in [3.63, 3.8) is 0 Å². The van der Waals surface area contributed by atoms with Gasteiger partial charge in [-0.25, -0.2) is 4.79 Å². The third-order valence-corrected chi connectivity index (χ3v) is 0.717. The number of hydrogen-bond acceptors (Lipinski definition) is 3. The average Bonchev–Trinajstić information content (AvgIpc) is 1.89. The number of amides is 1. The number of hydrogen-bond donors (Lipinski definition) is 1. The number of methoxy groups -OCH3 is 1. The maximum absolute atomic E-state index is 10.2. The van der Waals surface area contributed by atoms with E-state index in [9.17, 15) is 9.59 Å². The van der Waals surface area contributed by atoms with Gasteiger partial charge in [0.2, 0.25) is 0 Å². The van der Waals surface area contributed by atoms with Crippen LogP contribution in [0.3, 0.4) is 0 Å². The number of carbonyl (C=O) groups excluding carboxylic acids is 2. The molecule has 0 saturated heterocycles. The Kier molecular flexibility index (Phi) is 4.49. The summed E-state index contributed by atoms with van der Waals surface area (Å²) in [6.45, 7) is 0.343. The third kappa shape index (κ3) is 4.80. The Morgan fingerprint density at radius 2 is 2.44 bits per heavy atom. The van der Waals surface area contributed by atoms with Crippen LogP contribution in [-0.2, 0) is 9.53 Å². The second-order valence-corrected chi connectivity index (χ2v) is 1.37. The van der Waals surface area contributed by atoms with Crippen LogP contribution in [0.2, 0.25) is 0 Å². The Hall–Kier alpha value is -1.06. The molecule has 0 aromatic heterocycles. The van der Waals surface area contributed by atoms with Crippen molar-refractivity contribution in [2.75, 3.05) is 13.7 Å². The molecule has 0 aliphatic rings. The van der Waals surface area contributed by atoms with Crippen LogP contribution in [0.15, 0.2) is 0 Å².